The van der Waals surface area contributed by atoms with Gasteiger partial charge in [-0.25, -0.2) is 9.69 Å². The second kappa shape index (κ2) is 6.50. The lowest BCUT2D eigenvalue weighted by atomic mass is 10.1. The molecule has 1 atom stereocenters. The van der Waals surface area contributed by atoms with Gasteiger partial charge in [0.1, 0.15) is 0 Å². The number of alkyl halides is 3. The second-order valence-electron chi connectivity index (χ2n) is 5.31. The standard InChI is InChI=1S/C15H16F3N3O3/c1-2-3-9-11(22)19-14(15(16,17)18)12(23)21(13(24)20-14)10-7-5-4-6-8-10/h4-8H,2-3,9H2,1H3,(H,19,22)(H,20,24)/t14-/m0/s1. The lowest BCUT2D eigenvalue weighted by Gasteiger charge is -2.29. The summed E-state index contributed by atoms with van der Waals surface area (Å²) in [6.07, 6.45) is -4.40. The van der Waals surface area contributed by atoms with Gasteiger partial charge in [-0.05, 0) is 18.6 Å². The summed E-state index contributed by atoms with van der Waals surface area (Å²) < 4.78 is 40.6. The fraction of sp³-hybridized carbons (Fsp3) is 0.400. The van der Waals surface area contributed by atoms with Crippen LogP contribution >= 0.6 is 0 Å². The van der Waals surface area contributed by atoms with Crippen molar-refractivity contribution in [3.05, 3.63) is 30.3 Å². The van der Waals surface area contributed by atoms with E-state index in [-0.39, 0.29) is 12.1 Å². The van der Waals surface area contributed by atoms with E-state index in [4.69, 9.17) is 0 Å². The second-order valence-corrected chi connectivity index (χ2v) is 5.31. The lowest BCUT2D eigenvalue weighted by Crippen LogP contribution is -2.69. The molecule has 130 valence electrons. The molecule has 6 nitrogen and oxygen atoms in total. The van der Waals surface area contributed by atoms with E-state index in [1.165, 1.54) is 24.3 Å². The number of urea groups is 1. The molecular formula is C15H16F3N3O3. The highest BCUT2D eigenvalue weighted by atomic mass is 19.4. The molecule has 1 aliphatic heterocycles. The topological polar surface area (TPSA) is 78.5 Å². The van der Waals surface area contributed by atoms with Crippen LogP contribution in [-0.4, -0.2) is 29.7 Å². The van der Waals surface area contributed by atoms with Gasteiger partial charge in [-0.15, -0.1) is 0 Å². The average Bonchev–Trinajstić information content (AvgIpc) is 2.77. The molecule has 1 fully saturated rings. The van der Waals surface area contributed by atoms with E-state index in [0.717, 1.165) is 0 Å². The van der Waals surface area contributed by atoms with Gasteiger partial charge in [-0.3, -0.25) is 14.9 Å². The SMILES string of the molecule is CCCCC(=O)N[C@]1(C(F)(F)F)NC(=O)N(c2ccccc2)C1=O. The summed E-state index contributed by atoms with van der Waals surface area (Å²) in [6.45, 7) is 1.77. The van der Waals surface area contributed by atoms with Crippen molar-refractivity contribution in [2.24, 2.45) is 0 Å². The van der Waals surface area contributed by atoms with Gasteiger partial charge in [0, 0.05) is 6.42 Å². The minimum atomic E-state index is -5.19. The predicted molar refractivity (Wildman–Crippen MR) is 78.9 cm³/mol. The molecule has 1 aromatic carbocycles. The van der Waals surface area contributed by atoms with Crippen molar-refractivity contribution in [3.63, 3.8) is 0 Å². The lowest BCUT2D eigenvalue weighted by molar-refractivity contribution is -0.201. The van der Waals surface area contributed by atoms with E-state index < -0.39 is 29.7 Å². The van der Waals surface area contributed by atoms with E-state index in [0.29, 0.717) is 17.7 Å². The minimum absolute atomic E-state index is 0.0195. The molecule has 0 bridgehead atoms. The van der Waals surface area contributed by atoms with Crippen LogP contribution in [0.4, 0.5) is 23.7 Å². The molecule has 0 spiro atoms. The van der Waals surface area contributed by atoms with Crippen LogP contribution in [0.3, 0.4) is 0 Å². The molecule has 0 unspecified atom stereocenters. The first-order valence-electron chi connectivity index (χ1n) is 7.32. The molecule has 1 heterocycles. The molecule has 1 aromatic rings. The van der Waals surface area contributed by atoms with Crippen LogP contribution in [0.5, 0.6) is 0 Å². The molecule has 2 rings (SSSR count). The fourth-order valence-electron chi connectivity index (χ4n) is 2.30. The normalized spacial score (nSPS) is 20.9. The maximum atomic E-state index is 13.5. The van der Waals surface area contributed by atoms with Crippen LogP contribution in [0.1, 0.15) is 26.2 Å². The van der Waals surface area contributed by atoms with Crippen molar-refractivity contribution in [1.82, 2.24) is 10.6 Å². The van der Waals surface area contributed by atoms with Gasteiger partial charge < -0.3 is 5.32 Å². The van der Waals surface area contributed by atoms with Gasteiger partial charge in [0.15, 0.2) is 0 Å². The Bertz CT molecular complexity index is 648. The Hall–Kier alpha value is -2.58. The number of halogens is 3. The van der Waals surface area contributed by atoms with Crippen molar-refractivity contribution in [2.75, 3.05) is 4.90 Å². The Labute approximate surface area is 136 Å². The van der Waals surface area contributed by atoms with Crippen LogP contribution in [0.25, 0.3) is 0 Å². The van der Waals surface area contributed by atoms with Gasteiger partial charge in [0.25, 0.3) is 11.6 Å². The molecule has 1 saturated heterocycles. The zero-order valence-corrected chi connectivity index (χ0v) is 12.8. The van der Waals surface area contributed by atoms with Gasteiger partial charge in [-0.2, -0.15) is 13.2 Å². The Balaban J connectivity index is 2.37. The van der Waals surface area contributed by atoms with Crippen LogP contribution in [0.15, 0.2) is 30.3 Å². The summed E-state index contributed by atoms with van der Waals surface area (Å²) in [4.78, 5) is 36.5. The first-order valence-corrected chi connectivity index (χ1v) is 7.32. The number of hydrogen-bond donors (Lipinski definition) is 2. The first kappa shape index (κ1) is 17.8. The molecule has 0 aliphatic carbocycles. The Morgan fingerprint density at radius 2 is 1.88 bits per heavy atom. The predicted octanol–water partition coefficient (Wildman–Crippen LogP) is 2.31. The number of para-hydroxylation sites is 1. The Kier molecular flexibility index (Phi) is 4.81. The van der Waals surface area contributed by atoms with Crippen LogP contribution in [0.2, 0.25) is 0 Å². The molecule has 0 radical (unpaired) electrons. The van der Waals surface area contributed by atoms with Crippen LogP contribution in [-0.2, 0) is 9.59 Å². The Morgan fingerprint density at radius 1 is 1.25 bits per heavy atom. The summed E-state index contributed by atoms with van der Waals surface area (Å²) >= 11 is 0. The highest BCUT2D eigenvalue weighted by Gasteiger charge is 2.69. The van der Waals surface area contributed by atoms with Crippen molar-refractivity contribution >= 4 is 23.5 Å². The number of nitrogens with zero attached hydrogens (tertiary/aromatic N) is 1. The van der Waals surface area contributed by atoms with Crippen molar-refractivity contribution < 1.29 is 27.6 Å². The zero-order valence-electron chi connectivity index (χ0n) is 12.8. The summed E-state index contributed by atoms with van der Waals surface area (Å²) in [6, 6.07) is 5.93. The van der Waals surface area contributed by atoms with Crippen molar-refractivity contribution in [3.8, 4) is 0 Å². The largest absolute Gasteiger partial charge is 0.440 e. The number of carbonyl (C=O) groups is 3. The van der Waals surface area contributed by atoms with E-state index in [1.807, 2.05) is 0 Å². The third-order valence-electron chi connectivity index (χ3n) is 3.55. The molecule has 2 N–H and O–H groups in total. The number of carbonyl (C=O) groups excluding carboxylic acids is 3. The van der Waals surface area contributed by atoms with Crippen LogP contribution < -0.4 is 15.5 Å². The highest BCUT2D eigenvalue weighted by molar-refractivity contribution is 6.24. The average molecular weight is 343 g/mol. The number of imide groups is 1. The van der Waals surface area contributed by atoms with E-state index >= 15 is 0 Å². The third-order valence-corrected chi connectivity index (χ3v) is 3.55. The monoisotopic (exact) mass is 343 g/mol. The quantitative estimate of drug-likeness (QED) is 0.806. The highest BCUT2D eigenvalue weighted by Crippen LogP contribution is 2.35. The molecular weight excluding hydrogens is 327 g/mol. The summed E-state index contributed by atoms with van der Waals surface area (Å²) in [5.41, 5.74) is -3.47. The zero-order chi connectivity index (χ0) is 18.0. The number of benzene rings is 1. The first-order chi connectivity index (χ1) is 11.2. The van der Waals surface area contributed by atoms with E-state index in [2.05, 4.69) is 0 Å². The van der Waals surface area contributed by atoms with Crippen LogP contribution in [0, 0.1) is 0 Å². The number of unbranched alkanes of at least 4 members (excludes halogenated alkanes) is 1. The number of rotatable bonds is 5. The van der Waals surface area contributed by atoms with Crippen molar-refractivity contribution in [2.45, 2.75) is 38.0 Å². The molecule has 0 saturated carbocycles. The van der Waals surface area contributed by atoms with Gasteiger partial charge in [0.05, 0.1) is 5.69 Å². The van der Waals surface area contributed by atoms with Gasteiger partial charge >= 0.3 is 12.2 Å². The van der Waals surface area contributed by atoms with Crippen molar-refractivity contribution in [1.29, 1.82) is 0 Å². The molecule has 9 heteroatoms. The molecule has 4 amide bonds. The fourth-order valence-corrected chi connectivity index (χ4v) is 2.30. The van der Waals surface area contributed by atoms with E-state index in [1.54, 1.807) is 23.6 Å². The Morgan fingerprint density at radius 3 is 2.42 bits per heavy atom. The number of amides is 4. The molecule has 0 aromatic heterocycles. The number of anilines is 1. The number of hydrogen-bond acceptors (Lipinski definition) is 3. The smallest absolute Gasteiger partial charge is 0.318 e. The number of nitrogens with one attached hydrogen (secondary N) is 2. The molecule has 24 heavy (non-hydrogen) atoms. The minimum Gasteiger partial charge on any atom is -0.318 e. The summed E-state index contributed by atoms with van der Waals surface area (Å²) in [5, 5.41) is 3.25. The van der Waals surface area contributed by atoms with E-state index in [9.17, 15) is 27.6 Å². The molecule has 1 aliphatic rings. The van der Waals surface area contributed by atoms with Gasteiger partial charge in [-0.1, -0.05) is 31.5 Å². The summed E-state index contributed by atoms with van der Waals surface area (Å²) in [7, 11) is 0. The maximum absolute atomic E-state index is 13.5. The van der Waals surface area contributed by atoms with Gasteiger partial charge in [0.2, 0.25) is 5.91 Å². The maximum Gasteiger partial charge on any atom is 0.440 e. The third kappa shape index (κ3) is 3.06. The summed E-state index contributed by atoms with van der Waals surface area (Å²) in [5.74, 6) is -2.55.